The Hall–Kier alpha value is -2.28. The molecule has 1 aromatic carbocycles. The van der Waals surface area contributed by atoms with Crippen LogP contribution >= 0.6 is 0 Å². The lowest BCUT2D eigenvalue weighted by Gasteiger charge is -2.36. The minimum absolute atomic E-state index is 0.0295. The van der Waals surface area contributed by atoms with Crippen LogP contribution in [0.4, 0.5) is 4.39 Å². The van der Waals surface area contributed by atoms with Gasteiger partial charge in [0, 0.05) is 19.6 Å². The molecule has 2 aliphatic heterocycles. The van der Waals surface area contributed by atoms with E-state index >= 15 is 0 Å². The fourth-order valence-electron chi connectivity index (χ4n) is 5.49. The predicted molar refractivity (Wildman–Crippen MR) is 107 cm³/mol. The summed E-state index contributed by atoms with van der Waals surface area (Å²) in [5.41, 5.74) is 0.228. The molecule has 1 aromatic heterocycles. The molecule has 7 heteroatoms. The molecule has 154 valence electrons. The molecule has 2 aromatic rings. The summed E-state index contributed by atoms with van der Waals surface area (Å²) in [6.07, 6.45) is 5.49. The number of likely N-dealkylation sites (tertiary alicyclic amines) is 1. The number of hydrogen-bond donors (Lipinski definition) is 0. The van der Waals surface area contributed by atoms with E-state index in [0.29, 0.717) is 0 Å². The molecule has 0 spiro atoms. The van der Waals surface area contributed by atoms with Gasteiger partial charge in [0.1, 0.15) is 11.6 Å². The number of carbonyl (C=O) groups excluding carboxylic acids is 1. The molecule has 0 bridgehead atoms. The minimum atomic E-state index is -0.602. The third-order valence-corrected chi connectivity index (χ3v) is 7.03. The molecule has 0 radical (unpaired) electrons. The van der Waals surface area contributed by atoms with E-state index in [0.717, 1.165) is 81.9 Å². The van der Waals surface area contributed by atoms with Crippen LogP contribution in [0.3, 0.4) is 0 Å². The third kappa shape index (κ3) is 3.06. The maximum absolute atomic E-state index is 14.0. The van der Waals surface area contributed by atoms with Crippen molar-refractivity contribution in [2.75, 3.05) is 20.1 Å². The van der Waals surface area contributed by atoms with Crippen molar-refractivity contribution in [3.8, 4) is 0 Å². The lowest BCUT2D eigenvalue weighted by molar-refractivity contribution is -0.138. The van der Waals surface area contributed by atoms with Crippen LogP contribution in [-0.2, 0) is 23.3 Å². The number of rotatable bonds is 3. The molecule has 2 fully saturated rings. The molecule has 29 heavy (non-hydrogen) atoms. The van der Waals surface area contributed by atoms with E-state index in [9.17, 15) is 9.18 Å². The highest BCUT2D eigenvalue weighted by Gasteiger charge is 2.48. The van der Waals surface area contributed by atoms with Gasteiger partial charge in [-0.15, -0.1) is 10.2 Å². The molecule has 1 amide bonds. The molecule has 1 atom stereocenters. The van der Waals surface area contributed by atoms with Crippen molar-refractivity contribution in [3.05, 3.63) is 47.3 Å². The van der Waals surface area contributed by atoms with Crippen molar-refractivity contribution >= 4 is 5.91 Å². The Morgan fingerprint density at radius 1 is 1.14 bits per heavy atom. The van der Waals surface area contributed by atoms with Crippen molar-refractivity contribution in [2.45, 2.75) is 63.1 Å². The summed E-state index contributed by atoms with van der Waals surface area (Å²) >= 11 is 0. The maximum atomic E-state index is 14.0. The molecule has 3 heterocycles. The fourth-order valence-corrected chi connectivity index (χ4v) is 5.49. The van der Waals surface area contributed by atoms with E-state index in [4.69, 9.17) is 0 Å². The summed E-state index contributed by atoms with van der Waals surface area (Å²) in [4.78, 5) is 18.2. The van der Waals surface area contributed by atoms with E-state index in [2.05, 4.69) is 26.7 Å². The quantitative estimate of drug-likeness (QED) is 0.799. The first-order valence-electron chi connectivity index (χ1n) is 10.8. The molecule has 3 aliphatic rings. The van der Waals surface area contributed by atoms with E-state index in [-0.39, 0.29) is 17.8 Å². The van der Waals surface area contributed by atoms with Gasteiger partial charge in [0.15, 0.2) is 5.82 Å². The molecular formula is C22H28FN5O. The first-order chi connectivity index (χ1) is 14.1. The summed E-state index contributed by atoms with van der Waals surface area (Å²) in [5, 5.41) is 8.93. The normalized spacial score (nSPS) is 24.1. The Morgan fingerprint density at radius 3 is 2.76 bits per heavy atom. The number of fused-ring (bicyclic) bond motifs is 1. The molecule has 1 saturated carbocycles. The number of likely N-dealkylation sites (N-methyl/N-ethyl adjacent to an activating group) is 1. The number of benzene rings is 1. The van der Waals surface area contributed by atoms with Gasteiger partial charge in [0.25, 0.3) is 0 Å². The van der Waals surface area contributed by atoms with Crippen LogP contribution < -0.4 is 0 Å². The topological polar surface area (TPSA) is 54.3 Å². The highest BCUT2D eigenvalue weighted by Crippen LogP contribution is 2.45. The molecule has 6 nitrogen and oxygen atoms in total. The summed E-state index contributed by atoms with van der Waals surface area (Å²) in [5.74, 6) is 1.78. The van der Waals surface area contributed by atoms with Crippen molar-refractivity contribution in [1.82, 2.24) is 24.6 Å². The summed E-state index contributed by atoms with van der Waals surface area (Å²) in [6.45, 7) is 3.36. The van der Waals surface area contributed by atoms with E-state index in [1.807, 2.05) is 11.0 Å². The van der Waals surface area contributed by atoms with Gasteiger partial charge >= 0.3 is 0 Å². The smallest absolute Gasteiger partial charge is 0.233 e. The fraction of sp³-hybridized carbons (Fsp3) is 0.591. The van der Waals surface area contributed by atoms with Crippen LogP contribution in [-0.4, -0.2) is 50.6 Å². The Morgan fingerprint density at radius 2 is 1.97 bits per heavy atom. The molecule has 0 unspecified atom stereocenters. The van der Waals surface area contributed by atoms with Crippen molar-refractivity contribution in [3.63, 3.8) is 0 Å². The maximum Gasteiger partial charge on any atom is 0.233 e. The second-order valence-corrected chi connectivity index (χ2v) is 8.82. The summed E-state index contributed by atoms with van der Waals surface area (Å²) < 4.78 is 16.2. The molecule has 1 aliphatic carbocycles. The summed E-state index contributed by atoms with van der Waals surface area (Å²) in [6, 6.07) is 6.63. The Kier molecular flexibility index (Phi) is 4.65. The number of nitrogens with zero attached hydrogens (tertiary/aromatic N) is 5. The van der Waals surface area contributed by atoms with E-state index in [1.54, 1.807) is 12.1 Å². The second kappa shape index (κ2) is 7.20. The number of carbonyl (C=O) groups is 1. The van der Waals surface area contributed by atoms with Crippen molar-refractivity contribution in [2.24, 2.45) is 0 Å². The van der Waals surface area contributed by atoms with Crippen molar-refractivity contribution < 1.29 is 9.18 Å². The van der Waals surface area contributed by atoms with Gasteiger partial charge in [0.2, 0.25) is 5.91 Å². The highest BCUT2D eigenvalue weighted by atomic mass is 19.1. The average molecular weight is 397 g/mol. The van der Waals surface area contributed by atoms with Crippen LogP contribution in [0.5, 0.6) is 0 Å². The van der Waals surface area contributed by atoms with Gasteiger partial charge in [0.05, 0.1) is 18.0 Å². The zero-order valence-corrected chi connectivity index (χ0v) is 17.0. The average Bonchev–Trinajstić information content (AvgIpc) is 3.46. The highest BCUT2D eigenvalue weighted by molar-refractivity contribution is 5.89. The van der Waals surface area contributed by atoms with Crippen LogP contribution in [0.2, 0.25) is 0 Å². The number of halogens is 1. The Bertz CT molecular complexity index is 920. The first-order valence-corrected chi connectivity index (χ1v) is 10.8. The van der Waals surface area contributed by atoms with Gasteiger partial charge < -0.3 is 9.47 Å². The lowest BCUT2D eigenvalue weighted by atomic mass is 9.77. The standard InChI is InChI=1S/C22H28FN5O/c1-26-12-13-28-19(15-26)24-25-20(28)18-8-5-11-27(18)21(29)22(9-2-3-10-22)16-6-4-7-17(23)14-16/h4,6-7,14,18H,2-3,5,8-13,15H2,1H3/t18-/m0/s1. The summed E-state index contributed by atoms with van der Waals surface area (Å²) in [7, 11) is 2.09. The van der Waals surface area contributed by atoms with E-state index in [1.165, 1.54) is 6.07 Å². The first kappa shape index (κ1) is 18.7. The Balaban J connectivity index is 1.49. The van der Waals surface area contributed by atoms with Gasteiger partial charge in [-0.2, -0.15) is 0 Å². The molecule has 1 saturated heterocycles. The van der Waals surface area contributed by atoms with Crippen LogP contribution in [0.1, 0.15) is 61.8 Å². The number of aromatic nitrogens is 3. The minimum Gasteiger partial charge on any atom is -0.332 e. The van der Waals surface area contributed by atoms with E-state index < -0.39 is 5.41 Å². The number of hydrogen-bond acceptors (Lipinski definition) is 4. The second-order valence-electron chi connectivity index (χ2n) is 8.82. The van der Waals surface area contributed by atoms with Gasteiger partial charge in [-0.1, -0.05) is 25.0 Å². The molecule has 5 rings (SSSR count). The Labute approximate surface area is 170 Å². The van der Waals surface area contributed by atoms with Gasteiger partial charge in [-0.05, 0) is 50.4 Å². The van der Waals surface area contributed by atoms with Crippen molar-refractivity contribution in [1.29, 1.82) is 0 Å². The lowest BCUT2D eigenvalue weighted by Crippen LogP contribution is -2.46. The predicted octanol–water partition coefficient (Wildman–Crippen LogP) is 3.04. The van der Waals surface area contributed by atoms with Gasteiger partial charge in [-0.25, -0.2) is 4.39 Å². The monoisotopic (exact) mass is 397 g/mol. The van der Waals surface area contributed by atoms with Crippen LogP contribution in [0, 0.1) is 5.82 Å². The molecule has 0 N–H and O–H groups in total. The SMILES string of the molecule is CN1CCn2c(nnc2[C@@H]2CCCN2C(=O)C2(c3cccc(F)c3)CCCC2)C1. The van der Waals surface area contributed by atoms with Crippen LogP contribution in [0.15, 0.2) is 24.3 Å². The van der Waals surface area contributed by atoms with Crippen LogP contribution in [0.25, 0.3) is 0 Å². The number of amides is 1. The largest absolute Gasteiger partial charge is 0.332 e. The van der Waals surface area contributed by atoms with Gasteiger partial charge in [-0.3, -0.25) is 9.69 Å². The zero-order chi connectivity index (χ0) is 20.0. The third-order valence-electron chi connectivity index (χ3n) is 7.03. The zero-order valence-electron chi connectivity index (χ0n) is 17.0. The molecular weight excluding hydrogens is 369 g/mol.